The Morgan fingerprint density at radius 3 is 2.03 bits per heavy atom. The maximum Gasteiger partial charge on any atom is 0.432 e. The molecule has 1 atom stereocenters. The molecule has 2 aromatic rings. The Morgan fingerprint density at radius 1 is 1.03 bits per heavy atom. The average Bonchev–Trinajstić information content (AvgIpc) is 2.66. The van der Waals surface area contributed by atoms with E-state index in [9.17, 15) is 31.1 Å². The summed E-state index contributed by atoms with van der Waals surface area (Å²) in [5.74, 6) is -5.26. The second-order valence-electron chi connectivity index (χ2n) is 7.08. The van der Waals surface area contributed by atoms with Crippen LogP contribution in [0.15, 0.2) is 36.4 Å². The first-order valence-electron chi connectivity index (χ1n) is 9.14. The SMILES string of the molecule is CCc1cc(C(F)(C(C)(F)F)C(F)(F)F)cc(C)c1NC(=O)c1ccc(CN)cc1. The second kappa shape index (κ2) is 8.29. The number of hydrogen-bond donors (Lipinski definition) is 2. The number of benzene rings is 2. The number of rotatable bonds is 6. The van der Waals surface area contributed by atoms with Crippen LogP contribution in [0.25, 0.3) is 0 Å². The Bertz CT molecular complexity index is 903. The zero-order chi connectivity index (χ0) is 22.9. The molecule has 0 aliphatic rings. The molecule has 0 aromatic heterocycles. The van der Waals surface area contributed by atoms with Gasteiger partial charge >= 0.3 is 6.18 Å². The van der Waals surface area contributed by atoms with Crippen molar-refractivity contribution in [2.45, 2.75) is 51.5 Å². The highest BCUT2D eigenvalue weighted by molar-refractivity contribution is 6.05. The summed E-state index contributed by atoms with van der Waals surface area (Å²) in [6.07, 6.45) is -5.75. The Morgan fingerprint density at radius 2 is 1.60 bits per heavy atom. The summed E-state index contributed by atoms with van der Waals surface area (Å²) in [6, 6.07) is 7.77. The minimum Gasteiger partial charge on any atom is -0.326 e. The zero-order valence-electron chi connectivity index (χ0n) is 16.6. The van der Waals surface area contributed by atoms with Crippen molar-refractivity contribution in [3.63, 3.8) is 0 Å². The molecule has 30 heavy (non-hydrogen) atoms. The second-order valence-corrected chi connectivity index (χ2v) is 7.08. The van der Waals surface area contributed by atoms with Gasteiger partial charge in [0.25, 0.3) is 17.5 Å². The molecular formula is C21H22F6N2O. The van der Waals surface area contributed by atoms with Gasteiger partial charge in [0.1, 0.15) is 0 Å². The first-order valence-corrected chi connectivity index (χ1v) is 9.14. The van der Waals surface area contributed by atoms with Gasteiger partial charge in [0.2, 0.25) is 0 Å². The number of aryl methyl sites for hydroxylation is 2. The van der Waals surface area contributed by atoms with E-state index in [-0.39, 0.29) is 42.3 Å². The lowest BCUT2D eigenvalue weighted by molar-refractivity contribution is -0.304. The van der Waals surface area contributed by atoms with Gasteiger partial charge in [-0.1, -0.05) is 25.1 Å². The summed E-state index contributed by atoms with van der Waals surface area (Å²) in [5.41, 5.74) is 0.791. The van der Waals surface area contributed by atoms with Crippen LogP contribution in [0.4, 0.5) is 32.0 Å². The number of carbonyl (C=O) groups excluding carboxylic acids is 1. The predicted molar refractivity (Wildman–Crippen MR) is 102 cm³/mol. The quantitative estimate of drug-likeness (QED) is 0.580. The van der Waals surface area contributed by atoms with Crippen molar-refractivity contribution in [1.82, 2.24) is 0 Å². The van der Waals surface area contributed by atoms with Gasteiger partial charge in [-0.3, -0.25) is 4.79 Å². The van der Waals surface area contributed by atoms with Crippen molar-refractivity contribution in [1.29, 1.82) is 0 Å². The van der Waals surface area contributed by atoms with Crippen LogP contribution in [0.1, 0.15) is 46.5 Å². The lowest BCUT2D eigenvalue weighted by Crippen LogP contribution is -2.51. The minimum absolute atomic E-state index is 0.0341. The van der Waals surface area contributed by atoms with E-state index in [0.29, 0.717) is 6.07 Å². The van der Waals surface area contributed by atoms with Crippen LogP contribution in [0.2, 0.25) is 0 Å². The molecule has 164 valence electrons. The molecule has 2 rings (SSSR count). The smallest absolute Gasteiger partial charge is 0.326 e. The Kier molecular flexibility index (Phi) is 6.56. The van der Waals surface area contributed by atoms with Gasteiger partial charge in [-0.05, 0) is 48.2 Å². The topological polar surface area (TPSA) is 55.1 Å². The Labute approximate surface area is 170 Å². The number of amides is 1. The van der Waals surface area contributed by atoms with E-state index in [4.69, 9.17) is 5.73 Å². The largest absolute Gasteiger partial charge is 0.432 e. The van der Waals surface area contributed by atoms with Crippen molar-refractivity contribution in [2.24, 2.45) is 5.73 Å². The molecule has 0 saturated heterocycles. The standard InChI is InChI=1S/C21H22F6N2O/c1-4-14-10-16(20(24,19(3,22)23)21(25,26)27)9-12(2)17(14)29-18(30)15-7-5-13(11-28)6-8-15/h5-10H,4,11,28H2,1-3H3,(H,29,30). The molecule has 0 aliphatic carbocycles. The molecule has 2 aromatic carbocycles. The maximum absolute atomic E-state index is 14.8. The molecule has 0 bridgehead atoms. The number of hydrogen-bond acceptors (Lipinski definition) is 2. The van der Waals surface area contributed by atoms with Gasteiger partial charge in [0.05, 0.1) is 0 Å². The number of anilines is 1. The fourth-order valence-corrected chi connectivity index (χ4v) is 3.16. The highest BCUT2D eigenvalue weighted by Gasteiger charge is 2.70. The van der Waals surface area contributed by atoms with Crippen molar-refractivity contribution in [3.8, 4) is 0 Å². The van der Waals surface area contributed by atoms with E-state index < -0.39 is 29.2 Å². The fraction of sp³-hybridized carbons (Fsp3) is 0.381. The van der Waals surface area contributed by atoms with Crippen LogP contribution in [0, 0.1) is 6.92 Å². The third-order valence-corrected chi connectivity index (χ3v) is 4.88. The van der Waals surface area contributed by atoms with Crippen LogP contribution < -0.4 is 11.1 Å². The minimum atomic E-state index is -5.84. The maximum atomic E-state index is 14.8. The van der Waals surface area contributed by atoms with Gasteiger partial charge in [-0.15, -0.1) is 0 Å². The van der Waals surface area contributed by atoms with Crippen molar-refractivity contribution < 1.29 is 31.1 Å². The van der Waals surface area contributed by atoms with Crippen molar-refractivity contribution in [3.05, 3.63) is 64.2 Å². The third kappa shape index (κ3) is 4.30. The zero-order valence-corrected chi connectivity index (χ0v) is 16.6. The van der Waals surface area contributed by atoms with Gasteiger partial charge in [0, 0.05) is 30.3 Å². The summed E-state index contributed by atoms with van der Waals surface area (Å²) in [5, 5.41) is 2.58. The van der Waals surface area contributed by atoms with E-state index in [1.165, 1.54) is 19.1 Å². The van der Waals surface area contributed by atoms with E-state index in [2.05, 4.69) is 5.32 Å². The number of carbonyl (C=O) groups is 1. The van der Waals surface area contributed by atoms with E-state index >= 15 is 0 Å². The molecule has 1 amide bonds. The van der Waals surface area contributed by atoms with E-state index in [0.717, 1.165) is 11.6 Å². The summed E-state index contributed by atoms with van der Waals surface area (Å²) in [7, 11) is 0. The summed E-state index contributed by atoms with van der Waals surface area (Å²) >= 11 is 0. The predicted octanol–water partition coefficient (Wildman–Crippen LogP) is 5.65. The number of halogens is 6. The van der Waals surface area contributed by atoms with Crippen molar-refractivity contribution >= 4 is 11.6 Å². The van der Waals surface area contributed by atoms with Crippen molar-refractivity contribution in [2.75, 3.05) is 5.32 Å². The van der Waals surface area contributed by atoms with Crippen LogP contribution in [-0.4, -0.2) is 18.0 Å². The average molecular weight is 432 g/mol. The molecule has 0 spiro atoms. The van der Waals surface area contributed by atoms with Gasteiger partial charge in [-0.2, -0.15) is 13.2 Å². The van der Waals surface area contributed by atoms with Crippen LogP contribution in [-0.2, 0) is 18.6 Å². The van der Waals surface area contributed by atoms with E-state index in [1.54, 1.807) is 19.1 Å². The lowest BCUT2D eigenvalue weighted by atomic mass is 9.86. The molecule has 3 N–H and O–H groups in total. The third-order valence-electron chi connectivity index (χ3n) is 4.88. The van der Waals surface area contributed by atoms with Gasteiger partial charge < -0.3 is 11.1 Å². The molecule has 0 fully saturated rings. The molecule has 0 radical (unpaired) electrons. The molecule has 3 nitrogen and oxygen atoms in total. The highest BCUT2D eigenvalue weighted by Crippen LogP contribution is 2.53. The monoisotopic (exact) mass is 432 g/mol. The number of alkyl halides is 6. The molecule has 0 heterocycles. The van der Waals surface area contributed by atoms with Crippen LogP contribution in [0.3, 0.4) is 0 Å². The fourth-order valence-electron chi connectivity index (χ4n) is 3.16. The Hall–Kier alpha value is -2.55. The normalized spacial score (nSPS) is 14.3. The first kappa shape index (κ1) is 23.7. The van der Waals surface area contributed by atoms with Gasteiger partial charge in [0.15, 0.2) is 0 Å². The molecule has 9 heteroatoms. The molecule has 0 saturated carbocycles. The van der Waals surface area contributed by atoms with E-state index in [1.807, 2.05) is 0 Å². The molecule has 0 aliphatic heterocycles. The van der Waals surface area contributed by atoms with Gasteiger partial charge in [-0.25, -0.2) is 13.2 Å². The van der Waals surface area contributed by atoms with Crippen LogP contribution >= 0.6 is 0 Å². The first-order chi connectivity index (χ1) is 13.8. The summed E-state index contributed by atoms with van der Waals surface area (Å²) in [4.78, 5) is 12.5. The Balaban J connectivity index is 2.50. The highest BCUT2D eigenvalue weighted by atomic mass is 19.4. The number of nitrogens with one attached hydrogen (secondary N) is 1. The lowest BCUT2D eigenvalue weighted by Gasteiger charge is -2.34. The summed E-state index contributed by atoms with van der Waals surface area (Å²) < 4.78 is 82.2. The number of nitrogens with two attached hydrogens (primary N) is 1. The molecular weight excluding hydrogens is 410 g/mol. The molecule has 1 unspecified atom stereocenters. The summed E-state index contributed by atoms with van der Waals surface area (Å²) in [6.45, 7) is 3.05. The van der Waals surface area contributed by atoms with Crippen LogP contribution in [0.5, 0.6) is 0 Å².